The molecule has 0 spiro atoms. The predicted molar refractivity (Wildman–Crippen MR) is 85.9 cm³/mol. The summed E-state index contributed by atoms with van der Waals surface area (Å²) >= 11 is 0. The van der Waals surface area contributed by atoms with Crippen LogP contribution in [0.1, 0.15) is 59.5 Å². The molecule has 3 nitrogen and oxygen atoms in total. The van der Waals surface area contributed by atoms with Crippen LogP contribution in [0.4, 0.5) is 0 Å². The Balaban J connectivity index is 2.92. The normalized spacial score (nSPS) is 17.2. The van der Waals surface area contributed by atoms with E-state index in [1.54, 1.807) is 0 Å². The molecule has 1 aromatic rings. The number of aryl methyl sites for hydroxylation is 1. The van der Waals surface area contributed by atoms with E-state index in [0.29, 0.717) is 11.7 Å². The minimum atomic E-state index is -1.08. The van der Waals surface area contributed by atoms with Crippen LogP contribution in [-0.4, -0.2) is 9.96 Å². The lowest BCUT2D eigenvalue weighted by Crippen LogP contribution is -2.43. The van der Waals surface area contributed by atoms with Crippen molar-refractivity contribution >= 4 is 11.0 Å². The Morgan fingerprint density at radius 2 is 1.85 bits per heavy atom. The zero-order valence-electron chi connectivity index (χ0n) is 13.9. The van der Waals surface area contributed by atoms with E-state index in [1.807, 2.05) is 19.1 Å². The molecule has 1 unspecified atom stereocenters. The van der Waals surface area contributed by atoms with Gasteiger partial charge in [-0.3, -0.25) is 0 Å². The second-order valence-corrected chi connectivity index (χ2v) is 8.68. The minimum absolute atomic E-state index is 0.0374. The van der Waals surface area contributed by atoms with E-state index < -0.39 is 16.5 Å². The Morgan fingerprint density at radius 1 is 1.25 bits per heavy atom. The van der Waals surface area contributed by atoms with Gasteiger partial charge in [0.15, 0.2) is 0 Å². The van der Waals surface area contributed by atoms with Crippen molar-refractivity contribution in [1.29, 1.82) is 0 Å². The second kappa shape index (κ2) is 6.44. The van der Waals surface area contributed by atoms with Gasteiger partial charge in [-0.15, -0.1) is 0 Å². The molecule has 0 saturated carbocycles. The van der Waals surface area contributed by atoms with Crippen LogP contribution in [0.3, 0.4) is 0 Å². The third-order valence-electron chi connectivity index (χ3n) is 3.00. The minimum Gasteiger partial charge on any atom is -0.464 e. The number of nitrogens with one attached hydrogen (secondary N) is 1. The van der Waals surface area contributed by atoms with E-state index in [0.717, 1.165) is 17.9 Å². The average Bonchev–Trinajstić information content (AvgIpc) is 2.60. The fourth-order valence-corrected chi connectivity index (χ4v) is 3.97. The summed E-state index contributed by atoms with van der Waals surface area (Å²) in [5, 5.41) is 0. The summed E-state index contributed by atoms with van der Waals surface area (Å²) in [6.07, 6.45) is 0.885. The maximum atomic E-state index is 12.4. The zero-order chi connectivity index (χ0) is 15.6. The second-order valence-electron chi connectivity index (χ2n) is 7.49. The van der Waals surface area contributed by atoms with Gasteiger partial charge >= 0.3 is 0 Å². The molecule has 116 valence electrons. The SMILES string of the molecule is Cc1ccc([C@@](C)(CC(C)C)NS(=O)CC(C)(C)C)o1. The molecule has 0 fully saturated rings. The van der Waals surface area contributed by atoms with Crippen LogP contribution in [-0.2, 0) is 16.5 Å². The lowest BCUT2D eigenvalue weighted by molar-refractivity contribution is 0.283. The first-order chi connectivity index (χ1) is 9.02. The molecule has 20 heavy (non-hydrogen) atoms. The fourth-order valence-electron chi connectivity index (χ4n) is 2.42. The molecular formula is C16H29NO2S. The van der Waals surface area contributed by atoms with Crippen molar-refractivity contribution in [2.45, 2.75) is 60.4 Å². The Labute approximate surface area is 126 Å². The molecule has 0 radical (unpaired) electrons. The standard InChI is InChI=1S/C16H29NO2S/c1-12(2)10-16(7,14-9-8-13(3)19-14)17-20(18)11-15(4,5)6/h8-9,12,17H,10-11H2,1-7H3/t16-,20?/m1/s1. The highest BCUT2D eigenvalue weighted by molar-refractivity contribution is 7.83. The van der Waals surface area contributed by atoms with Crippen molar-refractivity contribution in [3.63, 3.8) is 0 Å². The summed E-state index contributed by atoms with van der Waals surface area (Å²) in [4.78, 5) is 0. The molecule has 0 saturated heterocycles. The van der Waals surface area contributed by atoms with Crippen LogP contribution in [0.25, 0.3) is 0 Å². The predicted octanol–water partition coefficient (Wildman–Crippen LogP) is 4.15. The summed E-state index contributed by atoms with van der Waals surface area (Å²) in [6, 6.07) is 3.95. The van der Waals surface area contributed by atoms with Crippen LogP contribution in [0, 0.1) is 18.3 Å². The monoisotopic (exact) mass is 299 g/mol. The first-order valence-electron chi connectivity index (χ1n) is 7.25. The van der Waals surface area contributed by atoms with E-state index >= 15 is 0 Å². The summed E-state index contributed by atoms with van der Waals surface area (Å²) in [7, 11) is -1.08. The van der Waals surface area contributed by atoms with Crippen molar-refractivity contribution in [1.82, 2.24) is 4.72 Å². The summed E-state index contributed by atoms with van der Waals surface area (Å²) in [5.41, 5.74) is -0.353. The maximum Gasteiger partial charge on any atom is 0.124 e. The van der Waals surface area contributed by atoms with Gasteiger partial charge in [-0.1, -0.05) is 34.6 Å². The molecule has 2 atom stereocenters. The van der Waals surface area contributed by atoms with Gasteiger partial charge in [0.05, 0.1) is 16.5 Å². The van der Waals surface area contributed by atoms with Crippen LogP contribution >= 0.6 is 0 Å². The molecule has 0 aliphatic carbocycles. The van der Waals surface area contributed by atoms with Gasteiger partial charge in [-0.05, 0) is 43.7 Å². The molecule has 0 aliphatic heterocycles. The van der Waals surface area contributed by atoms with E-state index in [-0.39, 0.29) is 5.41 Å². The molecule has 1 rings (SSSR count). The molecule has 1 aromatic heterocycles. The van der Waals surface area contributed by atoms with Crippen molar-refractivity contribution in [3.05, 3.63) is 23.7 Å². The Hall–Kier alpha value is -0.610. The average molecular weight is 299 g/mol. The van der Waals surface area contributed by atoms with Gasteiger partial charge in [0.25, 0.3) is 0 Å². The van der Waals surface area contributed by atoms with Gasteiger partial charge in [0.1, 0.15) is 11.5 Å². The Bertz CT molecular complexity index is 459. The molecule has 1 heterocycles. The van der Waals surface area contributed by atoms with E-state index in [2.05, 4.69) is 46.3 Å². The van der Waals surface area contributed by atoms with E-state index in [4.69, 9.17) is 4.42 Å². The maximum absolute atomic E-state index is 12.4. The highest BCUT2D eigenvalue weighted by Crippen LogP contribution is 2.30. The van der Waals surface area contributed by atoms with Crippen LogP contribution in [0.2, 0.25) is 0 Å². The van der Waals surface area contributed by atoms with Gasteiger partial charge < -0.3 is 4.42 Å². The van der Waals surface area contributed by atoms with Crippen LogP contribution < -0.4 is 4.72 Å². The third-order valence-corrected chi connectivity index (χ3v) is 4.81. The smallest absolute Gasteiger partial charge is 0.124 e. The van der Waals surface area contributed by atoms with Crippen molar-refractivity contribution < 1.29 is 8.63 Å². The molecular weight excluding hydrogens is 270 g/mol. The van der Waals surface area contributed by atoms with Crippen molar-refractivity contribution in [2.24, 2.45) is 11.3 Å². The highest BCUT2D eigenvalue weighted by Gasteiger charge is 2.33. The molecule has 0 amide bonds. The van der Waals surface area contributed by atoms with E-state index in [9.17, 15) is 4.21 Å². The topological polar surface area (TPSA) is 42.2 Å². The molecule has 0 aliphatic rings. The Morgan fingerprint density at radius 3 is 2.25 bits per heavy atom. The largest absolute Gasteiger partial charge is 0.464 e. The highest BCUT2D eigenvalue weighted by atomic mass is 32.2. The van der Waals surface area contributed by atoms with Gasteiger partial charge in [0, 0.05) is 5.75 Å². The van der Waals surface area contributed by atoms with E-state index in [1.165, 1.54) is 0 Å². The molecule has 4 heteroatoms. The lowest BCUT2D eigenvalue weighted by Gasteiger charge is -2.31. The van der Waals surface area contributed by atoms with Crippen LogP contribution in [0.5, 0.6) is 0 Å². The zero-order valence-corrected chi connectivity index (χ0v) is 14.7. The summed E-state index contributed by atoms with van der Waals surface area (Å²) in [5.74, 6) is 2.87. The van der Waals surface area contributed by atoms with Gasteiger partial charge in [-0.25, -0.2) is 8.93 Å². The molecule has 0 aromatic carbocycles. The quantitative estimate of drug-likeness (QED) is 0.857. The van der Waals surface area contributed by atoms with Crippen LogP contribution in [0.15, 0.2) is 16.5 Å². The van der Waals surface area contributed by atoms with Gasteiger partial charge in [-0.2, -0.15) is 0 Å². The number of hydrogen-bond acceptors (Lipinski definition) is 2. The molecule has 1 N–H and O–H groups in total. The molecule has 0 bridgehead atoms. The summed E-state index contributed by atoms with van der Waals surface area (Å²) in [6.45, 7) is 14.7. The number of furan rings is 1. The number of rotatable bonds is 6. The summed E-state index contributed by atoms with van der Waals surface area (Å²) < 4.78 is 21.5. The fraction of sp³-hybridized carbons (Fsp3) is 0.750. The number of hydrogen-bond donors (Lipinski definition) is 1. The first kappa shape index (κ1) is 17.4. The third kappa shape index (κ3) is 5.41. The first-order valence-corrected chi connectivity index (χ1v) is 8.57. The van der Waals surface area contributed by atoms with Gasteiger partial charge in [0.2, 0.25) is 0 Å². The van der Waals surface area contributed by atoms with Crippen molar-refractivity contribution in [3.8, 4) is 0 Å². The Kier molecular flexibility index (Phi) is 5.61. The lowest BCUT2D eigenvalue weighted by atomic mass is 9.89. The van der Waals surface area contributed by atoms with Crippen molar-refractivity contribution in [2.75, 3.05) is 5.75 Å².